The van der Waals surface area contributed by atoms with Crippen LogP contribution in [0.3, 0.4) is 0 Å². The summed E-state index contributed by atoms with van der Waals surface area (Å²) in [5.74, 6) is 0.650. The molecule has 0 aliphatic rings. The molecule has 0 unspecified atom stereocenters. The van der Waals surface area contributed by atoms with Crippen molar-refractivity contribution >= 4 is 16.7 Å². The standard InChI is InChI=1S/C16H23N3/c1-4-14(5-2)19(3)11-13-10-12-8-6-7-9-15(12)18-16(13)17/h6-10,14H,4-5,11H2,1-3H3,(H2,17,18). The first-order valence-electron chi connectivity index (χ1n) is 7.00. The van der Waals surface area contributed by atoms with Gasteiger partial charge in [-0.3, -0.25) is 4.90 Å². The van der Waals surface area contributed by atoms with E-state index in [9.17, 15) is 0 Å². The van der Waals surface area contributed by atoms with E-state index in [1.165, 1.54) is 0 Å². The van der Waals surface area contributed by atoms with E-state index in [1.807, 2.05) is 18.2 Å². The van der Waals surface area contributed by atoms with Gasteiger partial charge in [-0.05, 0) is 32.0 Å². The second-order valence-corrected chi connectivity index (χ2v) is 5.11. The lowest BCUT2D eigenvalue weighted by atomic mass is 10.1. The van der Waals surface area contributed by atoms with Gasteiger partial charge in [-0.15, -0.1) is 0 Å². The van der Waals surface area contributed by atoms with Crippen LogP contribution in [0.1, 0.15) is 32.3 Å². The lowest BCUT2D eigenvalue weighted by molar-refractivity contribution is 0.222. The number of benzene rings is 1. The highest BCUT2D eigenvalue weighted by Crippen LogP contribution is 2.20. The molecule has 1 heterocycles. The number of nitrogens with two attached hydrogens (primary N) is 1. The van der Waals surface area contributed by atoms with Gasteiger partial charge in [-0.25, -0.2) is 4.98 Å². The zero-order chi connectivity index (χ0) is 13.8. The smallest absolute Gasteiger partial charge is 0.128 e. The quantitative estimate of drug-likeness (QED) is 0.892. The van der Waals surface area contributed by atoms with Crippen LogP contribution in [-0.2, 0) is 6.54 Å². The average Bonchev–Trinajstić information content (AvgIpc) is 2.41. The Bertz CT molecular complexity index is 547. The Balaban J connectivity index is 2.27. The van der Waals surface area contributed by atoms with Crippen molar-refractivity contribution in [3.05, 3.63) is 35.9 Å². The normalized spacial score (nSPS) is 11.6. The van der Waals surface area contributed by atoms with E-state index in [2.05, 4.69) is 42.9 Å². The molecular weight excluding hydrogens is 234 g/mol. The summed E-state index contributed by atoms with van der Waals surface area (Å²) < 4.78 is 0. The minimum Gasteiger partial charge on any atom is -0.383 e. The van der Waals surface area contributed by atoms with E-state index in [4.69, 9.17) is 5.73 Å². The minimum atomic E-state index is 0.603. The van der Waals surface area contributed by atoms with Crippen LogP contribution in [0.15, 0.2) is 30.3 Å². The molecule has 19 heavy (non-hydrogen) atoms. The number of hydrogen-bond acceptors (Lipinski definition) is 3. The average molecular weight is 257 g/mol. The first-order valence-corrected chi connectivity index (χ1v) is 7.00. The Hall–Kier alpha value is -1.61. The largest absolute Gasteiger partial charge is 0.383 e. The van der Waals surface area contributed by atoms with Gasteiger partial charge >= 0.3 is 0 Å². The molecule has 0 aliphatic heterocycles. The van der Waals surface area contributed by atoms with Crippen molar-refractivity contribution in [2.24, 2.45) is 0 Å². The Kier molecular flexibility index (Phi) is 4.38. The number of nitrogens with zero attached hydrogens (tertiary/aromatic N) is 2. The van der Waals surface area contributed by atoms with E-state index >= 15 is 0 Å². The van der Waals surface area contributed by atoms with Gasteiger partial charge in [-0.2, -0.15) is 0 Å². The molecule has 0 saturated carbocycles. The molecule has 2 rings (SSSR count). The number of hydrogen-bond donors (Lipinski definition) is 1. The molecule has 0 atom stereocenters. The fourth-order valence-electron chi connectivity index (χ4n) is 2.61. The zero-order valence-electron chi connectivity index (χ0n) is 12.1. The highest BCUT2D eigenvalue weighted by molar-refractivity contribution is 5.81. The molecule has 0 bridgehead atoms. The lowest BCUT2D eigenvalue weighted by Crippen LogP contribution is -2.30. The Morgan fingerprint density at radius 3 is 2.58 bits per heavy atom. The number of anilines is 1. The van der Waals surface area contributed by atoms with Gasteiger partial charge in [0.15, 0.2) is 0 Å². The van der Waals surface area contributed by atoms with Crippen LogP contribution >= 0.6 is 0 Å². The maximum Gasteiger partial charge on any atom is 0.128 e. The molecule has 102 valence electrons. The predicted molar refractivity (Wildman–Crippen MR) is 82.0 cm³/mol. The van der Waals surface area contributed by atoms with Gasteiger partial charge in [0, 0.05) is 23.5 Å². The third-order valence-corrected chi connectivity index (χ3v) is 3.82. The van der Waals surface area contributed by atoms with Gasteiger partial charge in [0.25, 0.3) is 0 Å². The topological polar surface area (TPSA) is 42.2 Å². The molecule has 3 nitrogen and oxygen atoms in total. The molecule has 3 heteroatoms. The monoisotopic (exact) mass is 257 g/mol. The second-order valence-electron chi connectivity index (χ2n) is 5.11. The SMILES string of the molecule is CCC(CC)N(C)Cc1cc2ccccc2nc1N. The van der Waals surface area contributed by atoms with Crippen LogP contribution in [0, 0.1) is 0 Å². The van der Waals surface area contributed by atoms with Gasteiger partial charge in [0.1, 0.15) is 5.82 Å². The molecule has 0 amide bonds. The summed E-state index contributed by atoms with van der Waals surface area (Å²) in [5, 5.41) is 1.16. The summed E-state index contributed by atoms with van der Waals surface area (Å²) in [6.07, 6.45) is 2.32. The number of nitrogen functional groups attached to an aromatic ring is 1. The molecule has 0 aliphatic carbocycles. The van der Waals surface area contributed by atoms with Crippen molar-refractivity contribution in [1.29, 1.82) is 0 Å². The summed E-state index contributed by atoms with van der Waals surface area (Å²) in [7, 11) is 2.16. The highest BCUT2D eigenvalue weighted by atomic mass is 15.1. The van der Waals surface area contributed by atoms with E-state index in [0.717, 1.165) is 35.9 Å². The van der Waals surface area contributed by atoms with Crippen LogP contribution < -0.4 is 5.73 Å². The van der Waals surface area contributed by atoms with Crippen LogP contribution in [0.2, 0.25) is 0 Å². The van der Waals surface area contributed by atoms with Crippen molar-refractivity contribution in [1.82, 2.24) is 9.88 Å². The van der Waals surface area contributed by atoms with Crippen LogP contribution in [-0.4, -0.2) is 23.0 Å². The van der Waals surface area contributed by atoms with Crippen LogP contribution in [0.25, 0.3) is 10.9 Å². The molecule has 0 spiro atoms. The lowest BCUT2D eigenvalue weighted by Gasteiger charge is -2.26. The fraction of sp³-hybridized carbons (Fsp3) is 0.438. The number of para-hydroxylation sites is 1. The Morgan fingerprint density at radius 1 is 1.21 bits per heavy atom. The third-order valence-electron chi connectivity index (χ3n) is 3.82. The Morgan fingerprint density at radius 2 is 1.89 bits per heavy atom. The molecule has 0 saturated heterocycles. The van der Waals surface area contributed by atoms with E-state index in [0.29, 0.717) is 11.9 Å². The number of fused-ring (bicyclic) bond motifs is 1. The van der Waals surface area contributed by atoms with E-state index in [-0.39, 0.29) is 0 Å². The summed E-state index contributed by atoms with van der Waals surface area (Å²) in [5.41, 5.74) is 8.17. The Labute approximate surface area is 115 Å². The molecule has 0 radical (unpaired) electrons. The van der Waals surface area contributed by atoms with Crippen molar-refractivity contribution in [3.8, 4) is 0 Å². The maximum absolute atomic E-state index is 6.08. The third kappa shape index (κ3) is 3.04. The molecule has 1 aromatic carbocycles. The highest BCUT2D eigenvalue weighted by Gasteiger charge is 2.13. The maximum atomic E-state index is 6.08. The number of rotatable bonds is 5. The van der Waals surface area contributed by atoms with Crippen molar-refractivity contribution in [2.75, 3.05) is 12.8 Å². The molecule has 1 aromatic heterocycles. The van der Waals surface area contributed by atoms with Gasteiger partial charge in [0.2, 0.25) is 0 Å². The van der Waals surface area contributed by atoms with Gasteiger partial charge < -0.3 is 5.73 Å². The van der Waals surface area contributed by atoms with Gasteiger partial charge in [-0.1, -0.05) is 32.0 Å². The summed E-state index contributed by atoms with van der Waals surface area (Å²) in [6, 6.07) is 10.9. The van der Waals surface area contributed by atoms with Crippen LogP contribution in [0.5, 0.6) is 0 Å². The van der Waals surface area contributed by atoms with E-state index < -0.39 is 0 Å². The first kappa shape index (κ1) is 13.8. The van der Waals surface area contributed by atoms with Crippen LogP contribution in [0.4, 0.5) is 5.82 Å². The van der Waals surface area contributed by atoms with Crippen molar-refractivity contribution in [2.45, 2.75) is 39.3 Å². The molecule has 2 aromatic rings. The molecule has 0 fully saturated rings. The summed E-state index contributed by atoms with van der Waals surface area (Å²) >= 11 is 0. The summed E-state index contributed by atoms with van der Waals surface area (Å²) in [6.45, 7) is 5.31. The molecule has 2 N–H and O–H groups in total. The molecular formula is C16H23N3. The van der Waals surface area contributed by atoms with E-state index in [1.54, 1.807) is 0 Å². The van der Waals surface area contributed by atoms with Crippen molar-refractivity contribution < 1.29 is 0 Å². The first-order chi connectivity index (χ1) is 9.15. The van der Waals surface area contributed by atoms with Gasteiger partial charge in [0.05, 0.1) is 5.52 Å². The summed E-state index contributed by atoms with van der Waals surface area (Å²) in [4.78, 5) is 6.85. The predicted octanol–water partition coefficient (Wildman–Crippen LogP) is 3.44. The number of aromatic nitrogens is 1. The number of pyridine rings is 1. The van der Waals surface area contributed by atoms with Crippen molar-refractivity contribution in [3.63, 3.8) is 0 Å². The minimum absolute atomic E-state index is 0.603. The zero-order valence-corrected chi connectivity index (χ0v) is 12.1. The second kappa shape index (κ2) is 6.02. The fourth-order valence-corrected chi connectivity index (χ4v) is 2.61.